The Bertz CT molecular complexity index is 524. The van der Waals surface area contributed by atoms with Crippen LogP contribution < -0.4 is 10.9 Å². The van der Waals surface area contributed by atoms with Crippen LogP contribution in [0.1, 0.15) is 43.6 Å². The predicted molar refractivity (Wildman–Crippen MR) is 72.9 cm³/mol. The second-order valence-electron chi connectivity index (χ2n) is 5.53. The fraction of sp³-hybridized carbons (Fsp3) is 0.643. The third kappa shape index (κ3) is 3.03. The van der Waals surface area contributed by atoms with Crippen molar-refractivity contribution in [1.29, 1.82) is 0 Å². The Hall–Kier alpha value is -1.65. The number of carbonyl (C=O) groups excluding carboxylic acids is 1. The number of amides is 1. The van der Waals surface area contributed by atoms with Gasteiger partial charge in [0.15, 0.2) is 0 Å². The largest absolute Gasteiger partial charge is 0.348 e. The number of aryl methyl sites for hydroxylation is 1. The van der Waals surface area contributed by atoms with Crippen molar-refractivity contribution in [3.8, 4) is 0 Å². The van der Waals surface area contributed by atoms with Crippen molar-refractivity contribution >= 4 is 5.91 Å². The fourth-order valence-corrected chi connectivity index (χ4v) is 2.65. The van der Waals surface area contributed by atoms with Crippen LogP contribution in [0.3, 0.4) is 0 Å². The Balaban J connectivity index is 2.08. The first-order valence-corrected chi connectivity index (χ1v) is 6.84. The van der Waals surface area contributed by atoms with Crippen LogP contribution in [0.25, 0.3) is 0 Å². The zero-order valence-electron chi connectivity index (χ0n) is 11.7. The van der Waals surface area contributed by atoms with Crippen molar-refractivity contribution in [3.05, 3.63) is 28.2 Å². The van der Waals surface area contributed by atoms with E-state index in [-0.39, 0.29) is 17.5 Å². The van der Waals surface area contributed by atoms with E-state index in [0.717, 1.165) is 12.8 Å². The number of hydrogen-bond donors (Lipinski definition) is 1. The van der Waals surface area contributed by atoms with Gasteiger partial charge in [0.2, 0.25) is 0 Å². The van der Waals surface area contributed by atoms with Crippen molar-refractivity contribution < 1.29 is 4.79 Å². The van der Waals surface area contributed by atoms with Gasteiger partial charge in [-0.25, -0.2) is 4.68 Å². The van der Waals surface area contributed by atoms with Crippen molar-refractivity contribution in [2.75, 3.05) is 0 Å². The van der Waals surface area contributed by atoms with Gasteiger partial charge in [0.05, 0.1) is 0 Å². The molecule has 0 spiro atoms. The highest BCUT2D eigenvalue weighted by Gasteiger charge is 2.28. The first kappa shape index (κ1) is 13.8. The average molecular weight is 263 g/mol. The zero-order chi connectivity index (χ0) is 14.0. The molecule has 5 heteroatoms. The van der Waals surface area contributed by atoms with Gasteiger partial charge in [0.25, 0.3) is 11.5 Å². The van der Waals surface area contributed by atoms with Gasteiger partial charge in [0.1, 0.15) is 5.69 Å². The SMILES string of the molecule is C[C@H]1[C@H](C)CCC[C@H]1NC(=O)c1ccc(=O)n(C)n1. The maximum Gasteiger partial charge on any atom is 0.271 e. The molecule has 0 unspecified atom stereocenters. The minimum Gasteiger partial charge on any atom is -0.348 e. The van der Waals surface area contributed by atoms with Crippen LogP contribution in [0.4, 0.5) is 0 Å². The van der Waals surface area contributed by atoms with Crippen molar-refractivity contribution in [1.82, 2.24) is 15.1 Å². The van der Waals surface area contributed by atoms with E-state index in [1.54, 1.807) is 7.05 Å². The van der Waals surface area contributed by atoms with Gasteiger partial charge in [-0.05, 0) is 24.3 Å². The molecule has 0 aromatic carbocycles. The zero-order valence-corrected chi connectivity index (χ0v) is 11.7. The summed E-state index contributed by atoms with van der Waals surface area (Å²) in [5.41, 5.74) is 0.0868. The summed E-state index contributed by atoms with van der Waals surface area (Å²) in [4.78, 5) is 23.4. The third-order valence-corrected chi connectivity index (χ3v) is 4.22. The van der Waals surface area contributed by atoms with E-state index in [1.165, 1.54) is 23.2 Å². The van der Waals surface area contributed by atoms with Crippen LogP contribution in [0.5, 0.6) is 0 Å². The summed E-state index contributed by atoms with van der Waals surface area (Å²) in [6.45, 7) is 4.41. The maximum atomic E-state index is 12.1. The summed E-state index contributed by atoms with van der Waals surface area (Å²) in [5, 5.41) is 7.02. The quantitative estimate of drug-likeness (QED) is 0.875. The molecule has 1 N–H and O–H groups in total. The van der Waals surface area contributed by atoms with E-state index in [9.17, 15) is 9.59 Å². The maximum absolute atomic E-state index is 12.1. The van der Waals surface area contributed by atoms with E-state index in [0.29, 0.717) is 17.5 Å². The lowest BCUT2D eigenvalue weighted by Crippen LogP contribution is -2.44. The van der Waals surface area contributed by atoms with E-state index in [4.69, 9.17) is 0 Å². The third-order valence-electron chi connectivity index (χ3n) is 4.22. The van der Waals surface area contributed by atoms with Gasteiger partial charge >= 0.3 is 0 Å². The topological polar surface area (TPSA) is 64.0 Å². The number of aromatic nitrogens is 2. The first-order valence-electron chi connectivity index (χ1n) is 6.84. The number of rotatable bonds is 2. The monoisotopic (exact) mass is 263 g/mol. The molecule has 3 atom stereocenters. The van der Waals surface area contributed by atoms with Crippen LogP contribution >= 0.6 is 0 Å². The van der Waals surface area contributed by atoms with E-state index >= 15 is 0 Å². The van der Waals surface area contributed by atoms with Gasteiger partial charge in [-0.3, -0.25) is 9.59 Å². The summed E-state index contributed by atoms with van der Waals surface area (Å²) in [7, 11) is 1.55. The van der Waals surface area contributed by atoms with E-state index < -0.39 is 0 Å². The second kappa shape index (κ2) is 5.55. The molecular weight excluding hydrogens is 242 g/mol. The standard InChI is InChI=1S/C14H21N3O2/c1-9-5-4-6-11(10(9)2)15-14(19)12-7-8-13(18)17(3)16-12/h7-11H,4-6H2,1-3H3,(H,15,19)/t9-,10+,11-/m1/s1. The predicted octanol–water partition coefficient (Wildman–Crippen LogP) is 1.33. The number of carbonyl (C=O) groups is 1. The second-order valence-corrected chi connectivity index (χ2v) is 5.53. The molecule has 1 aliphatic rings. The minimum atomic E-state index is -0.212. The normalized spacial score (nSPS) is 27.0. The molecular formula is C14H21N3O2. The summed E-state index contributed by atoms with van der Waals surface area (Å²) < 4.78 is 1.18. The van der Waals surface area contributed by atoms with Crippen LogP contribution in [0.15, 0.2) is 16.9 Å². The molecule has 0 bridgehead atoms. The Labute approximate surface area is 113 Å². The van der Waals surface area contributed by atoms with Crippen LogP contribution in [-0.2, 0) is 7.05 Å². The highest BCUT2D eigenvalue weighted by molar-refractivity contribution is 5.92. The molecule has 1 aromatic heterocycles. The molecule has 0 saturated heterocycles. The Kier molecular flexibility index (Phi) is 4.02. The number of nitrogens with one attached hydrogen (secondary N) is 1. The van der Waals surface area contributed by atoms with Crippen molar-refractivity contribution in [2.24, 2.45) is 18.9 Å². The van der Waals surface area contributed by atoms with Crippen molar-refractivity contribution in [2.45, 2.75) is 39.2 Å². The first-order chi connectivity index (χ1) is 8.99. The number of nitrogens with zero attached hydrogens (tertiary/aromatic N) is 2. The highest BCUT2D eigenvalue weighted by atomic mass is 16.2. The molecule has 0 aliphatic heterocycles. The lowest BCUT2D eigenvalue weighted by atomic mass is 9.78. The molecule has 5 nitrogen and oxygen atoms in total. The van der Waals surface area contributed by atoms with Gasteiger partial charge < -0.3 is 5.32 Å². The molecule has 1 fully saturated rings. The smallest absolute Gasteiger partial charge is 0.271 e. The Morgan fingerprint density at radius 2 is 2.11 bits per heavy atom. The molecule has 19 heavy (non-hydrogen) atoms. The highest BCUT2D eigenvalue weighted by Crippen LogP contribution is 2.29. The Morgan fingerprint density at radius 3 is 2.79 bits per heavy atom. The fourth-order valence-electron chi connectivity index (χ4n) is 2.65. The molecule has 0 radical (unpaired) electrons. The number of hydrogen-bond acceptors (Lipinski definition) is 3. The molecule has 1 aliphatic carbocycles. The Morgan fingerprint density at radius 1 is 1.37 bits per heavy atom. The lowest BCUT2D eigenvalue weighted by molar-refractivity contribution is 0.0883. The molecule has 1 saturated carbocycles. The van der Waals surface area contributed by atoms with Crippen molar-refractivity contribution in [3.63, 3.8) is 0 Å². The van der Waals surface area contributed by atoms with Gasteiger partial charge in [-0.2, -0.15) is 5.10 Å². The molecule has 1 aromatic rings. The van der Waals surface area contributed by atoms with Gasteiger partial charge in [-0.1, -0.05) is 26.7 Å². The van der Waals surface area contributed by atoms with Gasteiger partial charge in [0, 0.05) is 19.2 Å². The van der Waals surface area contributed by atoms with E-state index in [1.807, 2.05) is 0 Å². The van der Waals surface area contributed by atoms with Gasteiger partial charge in [-0.15, -0.1) is 0 Å². The average Bonchev–Trinajstić information content (AvgIpc) is 2.38. The molecule has 104 valence electrons. The summed E-state index contributed by atoms with van der Waals surface area (Å²) >= 11 is 0. The molecule has 2 rings (SSSR count). The van der Waals surface area contributed by atoms with Crippen LogP contribution in [0, 0.1) is 11.8 Å². The summed E-state index contributed by atoms with van der Waals surface area (Å²) in [6.07, 6.45) is 3.39. The van der Waals surface area contributed by atoms with E-state index in [2.05, 4.69) is 24.3 Å². The minimum absolute atomic E-state index is 0.193. The van der Waals surface area contributed by atoms with Crippen LogP contribution in [-0.4, -0.2) is 21.7 Å². The van der Waals surface area contributed by atoms with Crippen LogP contribution in [0.2, 0.25) is 0 Å². The lowest BCUT2D eigenvalue weighted by Gasteiger charge is -2.34. The molecule has 1 amide bonds. The summed E-state index contributed by atoms with van der Waals surface area (Å²) in [5.74, 6) is 0.916. The summed E-state index contributed by atoms with van der Waals surface area (Å²) in [6, 6.07) is 3.05. The molecule has 1 heterocycles.